The van der Waals surface area contributed by atoms with Crippen LogP contribution in [0, 0.1) is 0 Å². The van der Waals surface area contributed by atoms with Gasteiger partial charge in [-0.2, -0.15) is 0 Å². The highest BCUT2D eigenvalue weighted by atomic mass is 16.7. The van der Waals surface area contributed by atoms with Gasteiger partial charge in [0, 0.05) is 18.4 Å². The molecule has 3 aliphatic rings. The third kappa shape index (κ3) is 2.78. The predicted octanol–water partition coefficient (Wildman–Crippen LogP) is 2.52. The number of carbonyl (C=O) groups excluding carboxylic acids is 1. The number of esters is 1. The van der Waals surface area contributed by atoms with Crippen LogP contribution in [-0.4, -0.2) is 32.0 Å². The van der Waals surface area contributed by atoms with Crippen molar-refractivity contribution in [3.63, 3.8) is 0 Å². The fourth-order valence-corrected chi connectivity index (χ4v) is 4.02. The van der Waals surface area contributed by atoms with E-state index in [1.54, 1.807) is 0 Å². The van der Waals surface area contributed by atoms with E-state index in [0.29, 0.717) is 13.4 Å². The van der Waals surface area contributed by atoms with Crippen LogP contribution in [0.5, 0.6) is 11.5 Å². The smallest absolute Gasteiger partial charge is 0.323 e. The number of fused-ring (bicyclic) bond motifs is 1. The van der Waals surface area contributed by atoms with Crippen molar-refractivity contribution in [1.29, 1.82) is 0 Å². The molecule has 0 spiro atoms. The average Bonchev–Trinajstić information content (AvgIpc) is 3.21. The molecule has 1 N–H and O–H groups in total. The molecule has 1 unspecified atom stereocenters. The summed E-state index contributed by atoms with van der Waals surface area (Å²) in [6.07, 6.45) is 6.80. The van der Waals surface area contributed by atoms with Gasteiger partial charge in [-0.25, -0.2) is 0 Å². The molecule has 23 heavy (non-hydrogen) atoms. The lowest BCUT2D eigenvalue weighted by Gasteiger charge is -2.38. The van der Waals surface area contributed by atoms with Crippen molar-refractivity contribution in [2.75, 3.05) is 19.9 Å². The van der Waals surface area contributed by atoms with Gasteiger partial charge in [0.25, 0.3) is 0 Å². The van der Waals surface area contributed by atoms with Crippen LogP contribution in [0.3, 0.4) is 0 Å². The Balaban J connectivity index is 1.57. The quantitative estimate of drug-likeness (QED) is 0.865. The summed E-state index contributed by atoms with van der Waals surface area (Å²) in [4.78, 5) is 11.7. The van der Waals surface area contributed by atoms with Crippen LogP contribution >= 0.6 is 0 Å². The van der Waals surface area contributed by atoms with Crippen LogP contribution in [0.25, 0.3) is 0 Å². The number of hydrogen-bond donors (Lipinski definition) is 1. The van der Waals surface area contributed by atoms with Crippen molar-refractivity contribution < 1.29 is 19.0 Å². The Morgan fingerprint density at radius 2 is 1.91 bits per heavy atom. The van der Waals surface area contributed by atoms with Crippen LogP contribution in [-0.2, 0) is 14.9 Å². The van der Waals surface area contributed by atoms with Gasteiger partial charge in [-0.15, -0.1) is 0 Å². The molecule has 4 rings (SSSR count). The summed E-state index contributed by atoms with van der Waals surface area (Å²) < 4.78 is 16.0. The highest BCUT2D eigenvalue weighted by Crippen LogP contribution is 2.43. The van der Waals surface area contributed by atoms with Gasteiger partial charge >= 0.3 is 5.97 Å². The van der Waals surface area contributed by atoms with Crippen molar-refractivity contribution in [2.45, 2.75) is 50.0 Å². The summed E-state index contributed by atoms with van der Waals surface area (Å²) in [5.41, 5.74) is 1.36. The lowest BCUT2D eigenvalue weighted by Crippen LogP contribution is -2.45. The summed E-state index contributed by atoms with van der Waals surface area (Å²) in [7, 11) is 0. The fraction of sp³-hybridized carbons (Fsp3) is 0.611. The van der Waals surface area contributed by atoms with Crippen LogP contribution < -0.4 is 14.8 Å². The Morgan fingerprint density at radius 1 is 1.09 bits per heavy atom. The molecule has 2 aliphatic heterocycles. The number of cyclic esters (lactones) is 1. The van der Waals surface area contributed by atoms with Crippen molar-refractivity contribution in [3.8, 4) is 11.5 Å². The highest BCUT2D eigenvalue weighted by molar-refractivity contribution is 5.77. The van der Waals surface area contributed by atoms with Gasteiger partial charge in [0.15, 0.2) is 11.5 Å². The zero-order valence-electron chi connectivity index (χ0n) is 13.3. The van der Waals surface area contributed by atoms with E-state index in [4.69, 9.17) is 14.2 Å². The molecule has 124 valence electrons. The summed E-state index contributed by atoms with van der Waals surface area (Å²) >= 11 is 0. The third-order valence-electron chi connectivity index (χ3n) is 5.42. The molecule has 1 aromatic carbocycles. The van der Waals surface area contributed by atoms with Gasteiger partial charge in [0.2, 0.25) is 6.79 Å². The largest absolute Gasteiger partial charge is 0.464 e. The Morgan fingerprint density at radius 3 is 2.70 bits per heavy atom. The molecular formula is C18H23NO4. The maximum Gasteiger partial charge on any atom is 0.323 e. The maximum atomic E-state index is 11.7. The lowest BCUT2D eigenvalue weighted by molar-refractivity contribution is -0.139. The Labute approximate surface area is 136 Å². The van der Waals surface area contributed by atoms with E-state index in [9.17, 15) is 4.79 Å². The molecule has 5 heteroatoms. The number of ether oxygens (including phenoxy) is 3. The molecule has 2 fully saturated rings. The van der Waals surface area contributed by atoms with Crippen molar-refractivity contribution in [1.82, 2.24) is 5.32 Å². The van der Waals surface area contributed by atoms with E-state index in [1.807, 2.05) is 6.07 Å². The minimum absolute atomic E-state index is 0.0715. The molecule has 1 saturated carbocycles. The van der Waals surface area contributed by atoms with Crippen LogP contribution in [0.1, 0.15) is 44.1 Å². The van der Waals surface area contributed by atoms with Crippen molar-refractivity contribution in [2.24, 2.45) is 0 Å². The predicted molar refractivity (Wildman–Crippen MR) is 84.7 cm³/mol. The van der Waals surface area contributed by atoms with E-state index in [2.05, 4.69) is 17.4 Å². The second-order valence-corrected chi connectivity index (χ2v) is 6.80. The summed E-state index contributed by atoms with van der Waals surface area (Å²) in [6.45, 7) is 1.65. The molecule has 1 aromatic rings. The number of rotatable bonds is 4. The molecule has 0 aromatic heterocycles. The Kier molecular flexibility index (Phi) is 3.89. The molecule has 0 bridgehead atoms. The van der Waals surface area contributed by atoms with E-state index in [1.165, 1.54) is 24.8 Å². The van der Waals surface area contributed by atoms with E-state index >= 15 is 0 Å². The second-order valence-electron chi connectivity index (χ2n) is 6.80. The molecule has 1 aliphatic carbocycles. The first kappa shape index (κ1) is 14.8. The third-order valence-corrected chi connectivity index (χ3v) is 5.42. The minimum Gasteiger partial charge on any atom is -0.464 e. The molecule has 2 heterocycles. The number of carbonyl (C=O) groups is 1. The zero-order chi connectivity index (χ0) is 15.7. The van der Waals surface area contributed by atoms with Gasteiger partial charge in [-0.05, 0) is 30.5 Å². The average molecular weight is 317 g/mol. The first-order chi connectivity index (χ1) is 11.3. The standard InChI is InChI=1S/C18H23NO4/c20-17-14(6-9-21-17)19-11-18(7-2-1-3-8-18)13-4-5-15-16(10-13)23-12-22-15/h4-5,10,14,19H,1-3,6-9,11-12H2. The Bertz CT molecular complexity index is 595. The number of benzene rings is 1. The molecule has 1 atom stereocenters. The lowest BCUT2D eigenvalue weighted by atomic mass is 9.69. The van der Waals surface area contributed by atoms with Crippen LogP contribution in [0.15, 0.2) is 18.2 Å². The summed E-state index contributed by atoms with van der Waals surface area (Å²) in [5, 5.41) is 3.46. The number of hydrogen-bond acceptors (Lipinski definition) is 5. The minimum atomic E-state index is -0.150. The van der Waals surface area contributed by atoms with Gasteiger partial charge in [-0.3, -0.25) is 4.79 Å². The van der Waals surface area contributed by atoms with Gasteiger partial charge in [-0.1, -0.05) is 25.3 Å². The fourth-order valence-electron chi connectivity index (χ4n) is 4.02. The van der Waals surface area contributed by atoms with E-state index < -0.39 is 0 Å². The molecule has 0 amide bonds. The van der Waals surface area contributed by atoms with Gasteiger partial charge in [0.1, 0.15) is 6.04 Å². The van der Waals surface area contributed by atoms with Crippen molar-refractivity contribution in [3.05, 3.63) is 23.8 Å². The molecule has 1 saturated heterocycles. The summed E-state index contributed by atoms with van der Waals surface area (Å²) in [5.74, 6) is 1.56. The van der Waals surface area contributed by atoms with Crippen molar-refractivity contribution >= 4 is 5.97 Å². The maximum absolute atomic E-state index is 11.7. The summed E-state index contributed by atoms with van der Waals surface area (Å²) in [6, 6.07) is 6.15. The topological polar surface area (TPSA) is 56.8 Å². The SMILES string of the molecule is O=C1OCCC1NCC1(c2ccc3c(c2)OCO3)CCCCC1. The van der Waals surface area contributed by atoms with E-state index in [0.717, 1.165) is 37.3 Å². The van der Waals surface area contributed by atoms with Crippen LogP contribution in [0.2, 0.25) is 0 Å². The van der Waals surface area contributed by atoms with E-state index in [-0.39, 0.29) is 17.4 Å². The molecule has 5 nitrogen and oxygen atoms in total. The first-order valence-corrected chi connectivity index (χ1v) is 8.57. The second kappa shape index (κ2) is 6.04. The first-order valence-electron chi connectivity index (χ1n) is 8.57. The molecule has 0 radical (unpaired) electrons. The Hall–Kier alpha value is -1.75. The monoisotopic (exact) mass is 317 g/mol. The van der Waals surface area contributed by atoms with Crippen LogP contribution in [0.4, 0.5) is 0 Å². The van der Waals surface area contributed by atoms with Gasteiger partial charge < -0.3 is 19.5 Å². The zero-order valence-corrected chi connectivity index (χ0v) is 13.3. The number of nitrogens with one attached hydrogen (secondary N) is 1. The normalized spacial score (nSPS) is 25.4. The van der Waals surface area contributed by atoms with Gasteiger partial charge in [0.05, 0.1) is 6.61 Å². The molecular weight excluding hydrogens is 294 g/mol. The highest BCUT2D eigenvalue weighted by Gasteiger charge is 2.37.